The van der Waals surface area contributed by atoms with Gasteiger partial charge in [-0.15, -0.1) is 0 Å². The zero-order valence-electron chi connectivity index (χ0n) is 12.2. The van der Waals surface area contributed by atoms with Gasteiger partial charge in [0.05, 0.1) is 11.6 Å². The van der Waals surface area contributed by atoms with Crippen molar-refractivity contribution in [3.8, 4) is 6.07 Å². The van der Waals surface area contributed by atoms with Crippen molar-refractivity contribution in [3.63, 3.8) is 0 Å². The van der Waals surface area contributed by atoms with Crippen molar-refractivity contribution < 1.29 is 4.39 Å². The summed E-state index contributed by atoms with van der Waals surface area (Å²) in [6.07, 6.45) is 2.37. The van der Waals surface area contributed by atoms with E-state index in [1.165, 1.54) is 25.0 Å². The molecule has 20 heavy (non-hydrogen) atoms. The predicted octanol–water partition coefficient (Wildman–Crippen LogP) is 2.52. The molecule has 1 heterocycles. The van der Waals surface area contributed by atoms with Crippen molar-refractivity contribution in [3.05, 3.63) is 35.1 Å². The van der Waals surface area contributed by atoms with Crippen LogP contribution in [-0.2, 0) is 6.54 Å². The number of nitrogens with zero attached hydrogens (tertiary/aromatic N) is 2. The summed E-state index contributed by atoms with van der Waals surface area (Å²) in [4.78, 5) is 2.35. The lowest BCUT2D eigenvalue weighted by Crippen LogP contribution is -2.41. The number of benzene rings is 1. The van der Waals surface area contributed by atoms with Crippen LogP contribution >= 0.6 is 0 Å². The van der Waals surface area contributed by atoms with Gasteiger partial charge in [-0.05, 0) is 62.2 Å². The maximum atomic E-state index is 13.3. The van der Waals surface area contributed by atoms with Crippen molar-refractivity contribution in [2.45, 2.75) is 26.3 Å². The fourth-order valence-electron chi connectivity index (χ4n) is 2.66. The summed E-state index contributed by atoms with van der Waals surface area (Å²) in [5.74, 6) is -0.341. The van der Waals surface area contributed by atoms with Crippen LogP contribution in [0, 0.1) is 22.6 Å². The van der Waals surface area contributed by atoms with Gasteiger partial charge in [0.15, 0.2) is 0 Å². The molecule has 1 saturated heterocycles. The first-order valence-electron chi connectivity index (χ1n) is 7.10. The Morgan fingerprint density at radius 2 is 2.05 bits per heavy atom. The van der Waals surface area contributed by atoms with Gasteiger partial charge in [0, 0.05) is 13.1 Å². The van der Waals surface area contributed by atoms with Crippen LogP contribution in [0.1, 0.15) is 30.9 Å². The SMILES string of the molecule is CN1CCC(C)(CNCc2cc(F)cc(C#N)c2)CC1. The number of halogens is 1. The van der Waals surface area contributed by atoms with Gasteiger partial charge in [-0.2, -0.15) is 5.26 Å². The minimum atomic E-state index is -0.341. The van der Waals surface area contributed by atoms with Gasteiger partial charge in [-0.3, -0.25) is 0 Å². The fourth-order valence-corrected chi connectivity index (χ4v) is 2.66. The minimum Gasteiger partial charge on any atom is -0.312 e. The first-order chi connectivity index (χ1) is 9.50. The number of piperidine rings is 1. The van der Waals surface area contributed by atoms with E-state index in [-0.39, 0.29) is 5.82 Å². The van der Waals surface area contributed by atoms with Gasteiger partial charge >= 0.3 is 0 Å². The minimum absolute atomic E-state index is 0.317. The molecule has 108 valence electrons. The Balaban J connectivity index is 1.87. The molecule has 1 N–H and O–H groups in total. The van der Waals surface area contributed by atoms with Gasteiger partial charge in [-0.1, -0.05) is 6.92 Å². The van der Waals surface area contributed by atoms with E-state index < -0.39 is 0 Å². The van der Waals surface area contributed by atoms with Gasteiger partial charge < -0.3 is 10.2 Å². The number of likely N-dealkylation sites (tertiary alicyclic amines) is 1. The molecule has 0 spiro atoms. The molecule has 0 radical (unpaired) electrons. The van der Waals surface area contributed by atoms with Crippen LogP contribution in [0.15, 0.2) is 18.2 Å². The lowest BCUT2D eigenvalue weighted by molar-refractivity contribution is 0.137. The third-order valence-corrected chi connectivity index (χ3v) is 4.16. The summed E-state index contributed by atoms with van der Waals surface area (Å²) in [5.41, 5.74) is 1.53. The van der Waals surface area contributed by atoms with Crippen LogP contribution in [0.2, 0.25) is 0 Å². The van der Waals surface area contributed by atoms with E-state index in [9.17, 15) is 4.39 Å². The van der Waals surface area contributed by atoms with Crippen molar-refractivity contribution >= 4 is 0 Å². The normalized spacial score (nSPS) is 18.7. The molecule has 2 rings (SSSR count). The number of rotatable bonds is 4. The number of hydrogen-bond donors (Lipinski definition) is 1. The zero-order valence-corrected chi connectivity index (χ0v) is 12.2. The Morgan fingerprint density at radius 1 is 1.35 bits per heavy atom. The Morgan fingerprint density at radius 3 is 2.70 bits per heavy atom. The topological polar surface area (TPSA) is 39.1 Å². The average Bonchev–Trinajstić information content (AvgIpc) is 2.42. The van der Waals surface area contributed by atoms with Gasteiger partial charge in [0.2, 0.25) is 0 Å². The molecule has 0 bridgehead atoms. The quantitative estimate of drug-likeness (QED) is 0.917. The van der Waals surface area contributed by atoms with Crippen molar-refractivity contribution in [1.29, 1.82) is 5.26 Å². The monoisotopic (exact) mass is 275 g/mol. The van der Waals surface area contributed by atoms with Gasteiger partial charge in [0.1, 0.15) is 5.82 Å². The lowest BCUT2D eigenvalue weighted by Gasteiger charge is -2.38. The lowest BCUT2D eigenvalue weighted by atomic mass is 9.80. The molecule has 1 aromatic carbocycles. The summed E-state index contributed by atoms with van der Waals surface area (Å²) in [5, 5.41) is 12.3. The first kappa shape index (κ1) is 15.0. The third kappa shape index (κ3) is 4.03. The summed E-state index contributed by atoms with van der Waals surface area (Å²) in [6, 6.07) is 6.49. The highest BCUT2D eigenvalue weighted by Gasteiger charge is 2.28. The Labute approximate surface area is 120 Å². The van der Waals surface area contributed by atoms with Crippen LogP contribution in [0.25, 0.3) is 0 Å². The van der Waals surface area contributed by atoms with Gasteiger partial charge in [-0.25, -0.2) is 4.39 Å². The van der Waals surface area contributed by atoms with Crippen LogP contribution in [0.3, 0.4) is 0 Å². The van der Waals surface area contributed by atoms with Gasteiger partial charge in [0.25, 0.3) is 0 Å². The molecule has 0 saturated carbocycles. The largest absolute Gasteiger partial charge is 0.312 e. The van der Waals surface area contributed by atoms with Crippen LogP contribution in [0.5, 0.6) is 0 Å². The molecule has 0 aromatic heterocycles. The molecule has 0 aliphatic carbocycles. The maximum absolute atomic E-state index is 13.3. The standard InChI is InChI=1S/C16H22FN3/c1-16(3-5-20(2)6-4-16)12-19-11-14-7-13(10-18)8-15(17)9-14/h7-9,19H,3-6,11-12H2,1-2H3. The van der Waals surface area contributed by atoms with E-state index in [1.807, 2.05) is 6.07 Å². The zero-order chi connectivity index (χ0) is 14.6. The second kappa shape index (κ2) is 6.34. The molecule has 1 aromatic rings. The van der Waals surface area contributed by atoms with E-state index in [0.29, 0.717) is 17.5 Å². The molecular formula is C16H22FN3. The number of nitriles is 1. The molecule has 0 amide bonds. The maximum Gasteiger partial charge on any atom is 0.124 e. The van der Waals surface area contributed by atoms with E-state index in [1.54, 1.807) is 6.07 Å². The average molecular weight is 275 g/mol. The Bertz CT molecular complexity index is 499. The first-order valence-corrected chi connectivity index (χ1v) is 7.10. The summed E-state index contributed by atoms with van der Waals surface area (Å²) >= 11 is 0. The van der Waals surface area contributed by atoms with Crippen molar-refractivity contribution in [2.24, 2.45) is 5.41 Å². The molecule has 0 atom stereocenters. The second-order valence-corrected chi connectivity index (χ2v) is 6.18. The fraction of sp³-hybridized carbons (Fsp3) is 0.562. The third-order valence-electron chi connectivity index (χ3n) is 4.16. The summed E-state index contributed by atoms with van der Waals surface area (Å²) < 4.78 is 13.3. The highest BCUT2D eigenvalue weighted by atomic mass is 19.1. The Kier molecular flexibility index (Phi) is 4.74. The van der Waals surface area contributed by atoms with E-state index in [4.69, 9.17) is 5.26 Å². The van der Waals surface area contributed by atoms with Crippen LogP contribution in [0.4, 0.5) is 4.39 Å². The molecule has 4 heteroatoms. The van der Waals surface area contributed by atoms with Crippen molar-refractivity contribution in [1.82, 2.24) is 10.2 Å². The highest BCUT2D eigenvalue weighted by Crippen LogP contribution is 2.29. The van der Waals surface area contributed by atoms with E-state index in [2.05, 4.69) is 24.2 Å². The Hall–Kier alpha value is -1.44. The molecule has 3 nitrogen and oxygen atoms in total. The summed E-state index contributed by atoms with van der Waals surface area (Å²) in [7, 11) is 2.16. The number of nitrogens with one attached hydrogen (secondary N) is 1. The van der Waals surface area contributed by atoms with E-state index >= 15 is 0 Å². The molecule has 1 fully saturated rings. The highest BCUT2D eigenvalue weighted by molar-refractivity contribution is 5.33. The number of hydrogen-bond acceptors (Lipinski definition) is 3. The second-order valence-electron chi connectivity index (χ2n) is 6.18. The molecular weight excluding hydrogens is 253 g/mol. The van der Waals surface area contributed by atoms with Crippen LogP contribution < -0.4 is 5.32 Å². The predicted molar refractivity (Wildman–Crippen MR) is 77.7 cm³/mol. The molecule has 1 aliphatic heterocycles. The van der Waals surface area contributed by atoms with E-state index in [0.717, 1.165) is 25.2 Å². The smallest absolute Gasteiger partial charge is 0.124 e. The van der Waals surface area contributed by atoms with Crippen LogP contribution in [-0.4, -0.2) is 31.6 Å². The molecule has 0 unspecified atom stereocenters. The van der Waals surface area contributed by atoms with Crippen molar-refractivity contribution in [2.75, 3.05) is 26.7 Å². The summed E-state index contributed by atoms with van der Waals surface area (Å²) in [6.45, 7) is 6.11. The molecule has 1 aliphatic rings.